The Hall–Kier alpha value is -1.93. The lowest BCUT2D eigenvalue weighted by Gasteiger charge is -2.11. The van der Waals surface area contributed by atoms with Gasteiger partial charge in [-0.25, -0.2) is 4.57 Å². The minimum atomic E-state index is -3.50. The molecule has 2 rings (SSSR count). The quantitative estimate of drug-likeness (QED) is 0.473. The van der Waals surface area contributed by atoms with Crippen molar-refractivity contribution in [3.8, 4) is 11.6 Å². The number of imide groups is 1. The second-order valence-electron chi connectivity index (χ2n) is 4.36. The van der Waals surface area contributed by atoms with Crippen molar-refractivity contribution in [3.63, 3.8) is 0 Å². The summed E-state index contributed by atoms with van der Waals surface area (Å²) in [5.41, 5.74) is 3.12. The zero-order valence-corrected chi connectivity index (χ0v) is 13.3. The van der Waals surface area contributed by atoms with E-state index in [0.717, 1.165) is 4.90 Å². The van der Waals surface area contributed by atoms with Gasteiger partial charge in [0.2, 0.25) is 0 Å². The highest BCUT2D eigenvalue weighted by atomic mass is 31.2. The number of fused-ring (bicyclic) bond motifs is 1. The standard InChI is InChI=1S/C15H16NO5P/c1-3-20-22(19,21-4-2)11-7-10-16-14(17)12-8-5-6-9-13(12)15(16)18/h5-6,8-9H,3-4,10H2,1-2H3. The number of nitrogens with zero attached hydrogens (tertiary/aromatic N) is 1. The number of rotatable bonds is 5. The van der Waals surface area contributed by atoms with Crippen LogP contribution in [0.1, 0.15) is 34.6 Å². The van der Waals surface area contributed by atoms with Crippen molar-refractivity contribution in [3.05, 3.63) is 35.4 Å². The van der Waals surface area contributed by atoms with Crippen molar-refractivity contribution in [2.45, 2.75) is 13.8 Å². The second-order valence-corrected chi connectivity index (χ2v) is 6.10. The summed E-state index contributed by atoms with van der Waals surface area (Å²) in [5.74, 6) is 1.74. The Morgan fingerprint density at radius 1 is 1.05 bits per heavy atom. The monoisotopic (exact) mass is 321 g/mol. The van der Waals surface area contributed by atoms with Crippen molar-refractivity contribution >= 4 is 19.4 Å². The molecule has 1 aromatic rings. The largest absolute Gasteiger partial charge is 0.405 e. The molecule has 1 heterocycles. The van der Waals surface area contributed by atoms with E-state index in [1.165, 1.54) is 0 Å². The molecule has 0 fully saturated rings. The molecule has 0 saturated heterocycles. The van der Waals surface area contributed by atoms with Gasteiger partial charge >= 0.3 is 7.60 Å². The van der Waals surface area contributed by atoms with E-state index in [9.17, 15) is 14.2 Å². The summed E-state index contributed by atoms with van der Waals surface area (Å²) in [4.78, 5) is 25.3. The molecule has 2 amide bonds. The fourth-order valence-electron chi connectivity index (χ4n) is 2.04. The number of carbonyl (C=O) groups excluding carboxylic acids is 2. The van der Waals surface area contributed by atoms with Crippen molar-refractivity contribution in [2.75, 3.05) is 19.8 Å². The Morgan fingerprint density at radius 2 is 1.55 bits per heavy atom. The summed E-state index contributed by atoms with van der Waals surface area (Å²) in [6.45, 7) is 3.59. The van der Waals surface area contributed by atoms with E-state index in [0.29, 0.717) is 11.1 Å². The molecule has 6 nitrogen and oxygen atoms in total. The van der Waals surface area contributed by atoms with Crippen molar-refractivity contribution in [1.29, 1.82) is 0 Å². The van der Waals surface area contributed by atoms with E-state index in [1.807, 2.05) is 0 Å². The molecule has 116 valence electrons. The van der Waals surface area contributed by atoms with Gasteiger partial charge in [0.15, 0.2) is 0 Å². The topological polar surface area (TPSA) is 72.9 Å². The summed E-state index contributed by atoms with van der Waals surface area (Å²) in [5, 5.41) is 0. The molecule has 0 saturated carbocycles. The number of benzene rings is 1. The van der Waals surface area contributed by atoms with E-state index >= 15 is 0 Å². The highest BCUT2D eigenvalue weighted by Crippen LogP contribution is 2.46. The van der Waals surface area contributed by atoms with Gasteiger partial charge < -0.3 is 0 Å². The Balaban J connectivity index is 2.14. The molecule has 0 N–H and O–H groups in total. The Bertz CT molecular complexity index is 658. The van der Waals surface area contributed by atoms with Gasteiger partial charge in [0.05, 0.1) is 30.9 Å². The first-order valence-corrected chi connectivity index (χ1v) is 8.41. The van der Waals surface area contributed by atoms with Gasteiger partial charge in [-0.05, 0) is 26.0 Å². The molecular weight excluding hydrogens is 305 g/mol. The van der Waals surface area contributed by atoms with Crippen LogP contribution in [0.3, 0.4) is 0 Å². The first-order chi connectivity index (χ1) is 10.5. The maximum Gasteiger partial charge on any atom is 0.405 e. The molecule has 7 heteroatoms. The molecule has 0 unspecified atom stereocenters. The predicted octanol–water partition coefficient (Wildman–Crippen LogP) is 2.51. The average Bonchev–Trinajstić information content (AvgIpc) is 2.73. The zero-order chi connectivity index (χ0) is 16.2. The van der Waals surface area contributed by atoms with Crippen LogP contribution in [0.25, 0.3) is 0 Å². The Kier molecular flexibility index (Phi) is 5.15. The molecule has 1 aliphatic rings. The van der Waals surface area contributed by atoms with Crippen LogP contribution in [0, 0.1) is 11.6 Å². The summed E-state index contributed by atoms with van der Waals surface area (Å²) in [6, 6.07) is 6.57. The van der Waals surface area contributed by atoms with E-state index in [1.54, 1.807) is 38.1 Å². The van der Waals surface area contributed by atoms with Gasteiger partial charge in [-0.15, -0.1) is 0 Å². The fourth-order valence-corrected chi connectivity index (χ4v) is 3.18. The summed E-state index contributed by atoms with van der Waals surface area (Å²) in [6.07, 6.45) is 0. The van der Waals surface area contributed by atoms with Crippen LogP contribution in [0.2, 0.25) is 0 Å². The number of hydrogen-bond donors (Lipinski definition) is 0. The van der Waals surface area contributed by atoms with E-state index in [4.69, 9.17) is 9.05 Å². The molecular formula is C15H16NO5P. The number of amides is 2. The van der Waals surface area contributed by atoms with Crippen LogP contribution in [-0.2, 0) is 13.6 Å². The van der Waals surface area contributed by atoms with Gasteiger partial charge in [0.25, 0.3) is 11.8 Å². The van der Waals surface area contributed by atoms with Crippen molar-refractivity contribution in [1.82, 2.24) is 4.90 Å². The SMILES string of the molecule is CCOP(=O)(C#CCN1C(=O)c2ccccc2C1=O)OCC. The number of hydrogen-bond acceptors (Lipinski definition) is 5. The third-order valence-corrected chi connectivity index (χ3v) is 4.56. The van der Waals surface area contributed by atoms with E-state index < -0.39 is 19.4 Å². The maximum atomic E-state index is 12.2. The highest BCUT2D eigenvalue weighted by molar-refractivity contribution is 7.59. The maximum absolute atomic E-state index is 12.2. The second kappa shape index (κ2) is 6.89. The molecule has 22 heavy (non-hydrogen) atoms. The summed E-state index contributed by atoms with van der Waals surface area (Å²) in [7, 11) is -3.50. The average molecular weight is 321 g/mol. The lowest BCUT2D eigenvalue weighted by molar-refractivity contribution is 0.0674. The van der Waals surface area contributed by atoms with Crippen LogP contribution >= 0.6 is 7.60 Å². The van der Waals surface area contributed by atoms with Crippen LogP contribution in [0.4, 0.5) is 0 Å². The van der Waals surface area contributed by atoms with Crippen molar-refractivity contribution < 1.29 is 23.2 Å². The molecule has 0 atom stereocenters. The first kappa shape index (κ1) is 16.4. The lowest BCUT2D eigenvalue weighted by atomic mass is 10.1. The first-order valence-electron chi connectivity index (χ1n) is 6.87. The number of carbonyl (C=O) groups is 2. The van der Waals surface area contributed by atoms with Crippen LogP contribution in [0.15, 0.2) is 24.3 Å². The minimum absolute atomic E-state index is 0.156. The summed E-state index contributed by atoms with van der Waals surface area (Å²) >= 11 is 0. The van der Waals surface area contributed by atoms with Gasteiger partial charge in [-0.1, -0.05) is 18.1 Å². The van der Waals surface area contributed by atoms with Gasteiger partial charge in [-0.2, -0.15) is 0 Å². The highest BCUT2D eigenvalue weighted by Gasteiger charge is 2.34. The third-order valence-electron chi connectivity index (χ3n) is 2.93. The van der Waals surface area contributed by atoms with Crippen molar-refractivity contribution in [2.24, 2.45) is 0 Å². The molecule has 0 bridgehead atoms. The molecule has 0 aromatic heterocycles. The predicted molar refractivity (Wildman–Crippen MR) is 80.4 cm³/mol. The molecule has 0 spiro atoms. The smallest absolute Gasteiger partial charge is 0.300 e. The minimum Gasteiger partial charge on any atom is -0.300 e. The van der Waals surface area contributed by atoms with E-state index in [2.05, 4.69) is 11.6 Å². The Morgan fingerprint density at radius 3 is 2.00 bits per heavy atom. The van der Waals surface area contributed by atoms with E-state index in [-0.39, 0.29) is 19.8 Å². The van der Waals surface area contributed by atoms with Gasteiger partial charge in [0, 0.05) is 5.66 Å². The zero-order valence-electron chi connectivity index (χ0n) is 12.4. The van der Waals surface area contributed by atoms with Crippen LogP contribution < -0.4 is 0 Å². The molecule has 0 aliphatic carbocycles. The Labute approximate surface area is 128 Å². The third kappa shape index (κ3) is 3.28. The van der Waals surface area contributed by atoms with Gasteiger partial charge in [0.1, 0.15) is 0 Å². The molecule has 1 aromatic carbocycles. The summed E-state index contributed by atoms with van der Waals surface area (Å²) < 4.78 is 22.2. The molecule has 1 aliphatic heterocycles. The molecule has 0 radical (unpaired) electrons. The van der Waals surface area contributed by atoms with Gasteiger partial charge in [-0.3, -0.25) is 23.5 Å². The fraction of sp³-hybridized carbons (Fsp3) is 0.333. The lowest BCUT2D eigenvalue weighted by Crippen LogP contribution is -2.30. The van der Waals surface area contributed by atoms with Crippen LogP contribution in [-0.4, -0.2) is 36.5 Å². The normalized spacial score (nSPS) is 13.8. The van der Waals surface area contributed by atoms with Crippen LogP contribution in [0.5, 0.6) is 0 Å².